The molecule has 3 aromatic rings. The Morgan fingerprint density at radius 1 is 0.944 bits per heavy atom. The minimum absolute atomic E-state index is 0.569. The van der Waals surface area contributed by atoms with Crippen LogP contribution in [0.1, 0.15) is 13.8 Å². The van der Waals surface area contributed by atoms with Crippen LogP contribution in [0.25, 0.3) is 22.6 Å². The highest BCUT2D eigenvalue weighted by atomic mass is 16.3. The van der Waals surface area contributed by atoms with E-state index in [0.717, 1.165) is 16.7 Å². The van der Waals surface area contributed by atoms with E-state index in [-0.39, 0.29) is 0 Å². The van der Waals surface area contributed by atoms with Crippen LogP contribution in [-0.4, -0.2) is 4.98 Å². The topological polar surface area (TPSA) is 52.0 Å². The van der Waals surface area contributed by atoms with Crippen LogP contribution >= 0.6 is 0 Å². The fourth-order valence-corrected chi connectivity index (χ4v) is 1.68. The van der Waals surface area contributed by atoms with Crippen molar-refractivity contribution in [1.29, 1.82) is 0 Å². The third kappa shape index (κ3) is 2.20. The number of para-hydroxylation sites is 3. The molecule has 92 valence electrons. The summed E-state index contributed by atoms with van der Waals surface area (Å²) in [5, 5.41) is 0. The quantitative estimate of drug-likeness (QED) is 0.651. The molecule has 0 fully saturated rings. The second-order valence-electron chi connectivity index (χ2n) is 3.57. The smallest absolute Gasteiger partial charge is 0.229 e. The number of nitrogen functional groups attached to an aromatic ring is 1. The summed E-state index contributed by atoms with van der Waals surface area (Å²) in [5.41, 5.74) is 9.01. The summed E-state index contributed by atoms with van der Waals surface area (Å²) >= 11 is 0. The maximum absolute atomic E-state index is 5.87. The average molecular weight is 240 g/mol. The van der Waals surface area contributed by atoms with Crippen LogP contribution in [0.5, 0.6) is 0 Å². The highest BCUT2D eigenvalue weighted by Crippen LogP contribution is 2.27. The maximum atomic E-state index is 5.87. The van der Waals surface area contributed by atoms with Crippen molar-refractivity contribution in [2.45, 2.75) is 13.8 Å². The molecule has 1 aromatic heterocycles. The van der Waals surface area contributed by atoms with Crippen LogP contribution in [0.3, 0.4) is 0 Å². The number of nitrogens with zero attached hydrogens (tertiary/aromatic N) is 1. The number of rotatable bonds is 1. The zero-order valence-electron chi connectivity index (χ0n) is 10.6. The van der Waals surface area contributed by atoms with E-state index in [1.54, 1.807) is 0 Å². The van der Waals surface area contributed by atoms with Gasteiger partial charge in [0.15, 0.2) is 5.58 Å². The molecule has 0 radical (unpaired) electrons. The third-order valence-corrected chi connectivity index (χ3v) is 2.49. The molecular weight excluding hydrogens is 224 g/mol. The first-order chi connectivity index (χ1) is 8.84. The normalized spacial score (nSPS) is 9.89. The van der Waals surface area contributed by atoms with Crippen LogP contribution in [0.15, 0.2) is 52.9 Å². The highest BCUT2D eigenvalue weighted by Gasteiger charge is 2.09. The average Bonchev–Trinajstić information content (AvgIpc) is 2.85. The van der Waals surface area contributed by atoms with Gasteiger partial charge in [-0.15, -0.1) is 0 Å². The SMILES string of the molecule is CC.Nc1ccccc1-c1nc2ccccc2o1. The van der Waals surface area contributed by atoms with Crippen LogP contribution in [0.4, 0.5) is 5.69 Å². The van der Waals surface area contributed by atoms with E-state index in [2.05, 4.69) is 4.98 Å². The maximum Gasteiger partial charge on any atom is 0.229 e. The minimum Gasteiger partial charge on any atom is -0.436 e. The Morgan fingerprint density at radius 2 is 1.61 bits per heavy atom. The molecule has 0 aliphatic carbocycles. The number of fused-ring (bicyclic) bond motifs is 1. The number of oxazole rings is 1. The number of hydrogen-bond donors (Lipinski definition) is 1. The summed E-state index contributed by atoms with van der Waals surface area (Å²) in [6.07, 6.45) is 0. The molecule has 0 saturated heterocycles. The molecule has 0 amide bonds. The first kappa shape index (κ1) is 12.2. The second-order valence-corrected chi connectivity index (χ2v) is 3.57. The van der Waals surface area contributed by atoms with Crippen molar-refractivity contribution in [3.63, 3.8) is 0 Å². The van der Waals surface area contributed by atoms with Gasteiger partial charge in [0.05, 0.1) is 5.56 Å². The molecule has 0 atom stereocenters. The number of anilines is 1. The molecule has 3 nitrogen and oxygen atoms in total. The summed E-state index contributed by atoms with van der Waals surface area (Å²) in [6, 6.07) is 15.2. The van der Waals surface area contributed by atoms with E-state index in [1.165, 1.54) is 0 Å². The largest absolute Gasteiger partial charge is 0.436 e. The molecule has 0 aliphatic rings. The Balaban J connectivity index is 0.000000574. The van der Waals surface area contributed by atoms with Gasteiger partial charge >= 0.3 is 0 Å². The molecule has 3 heteroatoms. The lowest BCUT2D eigenvalue weighted by Gasteiger charge is -1.98. The molecule has 2 N–H and O–H groups in total. The van der Waals surface area contributed by atoms with Gasteiger partial charge in [-0.3, -0.25) is 0 Å². The molecule has 0 unspecified atom stereocenters. The van der Waals surface area contributed by atoms with E-state index in [4.69, 9.17) is 10.2 Å². The van der Waals surface area contributed by atoms with Gasteiger partial charge in [-0.25, -0.2) is 4.98 Å². The molecule has 0 saturated carbocycles. The Kier molecular flexibility index (Phi) is 3.63. The van der Waals surface area contributed by atoms with Crippen molar-refractivity contribution in [3.8, 4) is 11.5 Å². The standard InChI is InChI=1S/C13H10N2O.C2H6/c14-10-6-2-1-5-9(10)13-15-11-7-3-4-8-12(11)16-13;1-2/h1-8H,14H2;1-2H3. The number of nitrogens with two attached hydrogens (primary N) is 1. The predicted molar refractivity (Wildman–Crippen MR) is 75.2 cm³/mol. The first-order valence-corrected chi connectivity index (χ1v) is 6.05. The van der Waals surface area contributed by atoms with Crippen LogP contribution in [0, 0.1) is 0 Å². The number of aromatic nitrogens is 1. The van der Waals surface area contributed by atoms with Gasteiger partial charge < -0.3 is 10.2 Å². The monoisotopic (exact) mass is 240 g/mol. The summed E-state index contributed by atoms with van der Waals surface area (Å²) in [7, 11) is 0. The summed E-state index contributed by atoms with van der Waals surface area (Å²) in [6.45, 7) is 4.00. The van der Waals surface area contributed by atoms with Crippen molar-refractivity contribution in [2.75, 3.05) is 5.73 Å². The van der Waals surface area contributed by atoms with Gasteiger partial charge in [-0.05, 0) is 24.3 Å². The van der Waals surface area contributed by atoms with Crippen molar-refractivity contribution in [2.24, 2.45) is 0 Å². The third-order valence-electron chi connectivity index (χ3n) is 2.49. The van der Waals surface area contributed by atoms with Gasteiger partial charge in [-0.2, -0.15) is 0 Å². The van der Waals surface area contributed by atoms with E-state index in [1.807, 2.05) is 62.4 Å². The summed E-state index contributed by atoms with van der Waals surface area (Å²) < 4.78 is 5.64. The van der Waals surface area contributed by atoms with Crippen molar-refractivity contribution in [3.05, 3.63) is 48.5 Å². The number of benzene rings is 2. The molecule has 0 aliphatic heterocycles. The van der Waals surface area contributed by atoms with E-state index < -0.39 is 0 Å². The Hall–Kier alpha value is -2.29. The van der Waals surface area contributed by atoms with Gasteiger partial charge in [0.25, 0.3) is 0 Å². The number of hydrogen-bond acceptors (Lipinski definition) is 3. The van der Waals surface area contributed by atoms with Crippen molar-refractivity contribution < 1.29 is 4.42 Å². The fraction of sp³-hybridized carbons (Fsp3) is 0.133. The molecule has 3 rings (SSSR count). The minimum atomic E-state index is 0.569. The summed E-state index contributed by atoms with van der Waals surface area (Å²) in [4.78, 5) is 4.40. The predicted octanol–water partition coefficient (Wildman–Crippen LogP) is 4.10. The zero-order chi connectivity index (χ0) is 13.0. The van der Waals surface area contributed by atoms with Gasteiger partial charge in [-0.1, -0.05) is 38.1 Å². The molecule has 2 aromatic carbocycles. The van der Waals surface area contributed by atoms with E-state index in [9.17, 15) is 0 Å². The molecule has 18 heavy (non-hydrogen) atoms. The second kappa shape index (κ2) is 5.36. The first-order valence-electron chi connectivity index (χ1n) is 6.05. The Bertz CT molecular complexity index is 611. The highest BCUT2D eigenvalue weighted by molar-refractivity contribution is 5.79. The van der Waals surface area contributed by atoms with Crippen molar-refractivity contribution >= 4 is 16.8 Å². The van der Waals surface area contributed by atoms with E-state index in [0.29, 0.717) is 11.6 Å². The molecule has 0 spiro atoms. The van der Waals surface area contributed by atoms with Gasteiger partial charge in [0, 0.05) is 5.69 Å². The molecule has 0 bridgehead atoms. The Labute approximate surface area is 106 Å². The van der Waals surface area contributed by atoms with Gasteiger partial charge in [0.2, 0.25) is 5.89 Å². The summed E-state index contributed by atoms with van der Waals surface area (Å²) in [5.74, 6) is 0.569. The van der Waals surface area contributed by atoms with Crippen LogP contribution in [-0.2, 0) is 0 Å². The molecular formula is C15H16N2O. The van der Waals surface area contributed by atoms with Crippen LogP contribution < -0.4 is 5.73 Å². The zero-order valence-corrected chi connectivity index (χ0v) is 10.6. The lowest BCUT2D eigenvalue weighted by Crippen LogP contribution is -1.88. The fourth-order valence-electron chi connectivity index (χ4n) is 1.68. The van der Waals surface area contributed by atoms with Crippen LogP contribution in [0.2, 0.25) is 0 Å². The van der Waals surface area contributed by atoms with Crippen molar-refractivity contribution in [1.82, 2.24) is 4.98 Å². The lowest BCUT2D eigenvalue weighted by molar-refractivity contribution is 0.620. The Morgan fingerprint density at radius 3 is 2.33 bits per heavy atom. The molecule has 1 heterocycles. The lowest BCUT2D eigenvalue weighted by atomic mass is 10.2. The van der Waals surface area contributed by atoms with Gasteiger partial charge in [0.1, 0.15) is 5.52 Å². The van der Waals surface area contributed by atoms with E-state index >= 15 is 0 Å².